The largest absolute Gasteiger partial charge is 0.342 e. The fourth-order valence-corrected chi connectivity index (χ4v) is 1.77. The zero-order valence-corrected chi connectivity index (χ0v) is 9.87. The summed E-state index contributed by atoms with van der Waals surface area (Å²) in [6, 6.07) is 0. The molecule has 0 radical (unpaired) electrons. The average molecular weight is 236 g/mol. The van der Waals surface area contributed by atoms with Crippen LogP contribution in [-0.2, 0) is 16.1 Å². The minimum absolute atomic E-state index is 0.00670. The van der Waals surface area contributed by atoms with Crippen LogP contribution in [0.25, 0.3) is 0 Å². The Morgan fingerprint density at radius 2 is 2.29 bits per heavy atom. The van der Waals surface area contributed by atoms with Crippen molar-refractivity contribution in [2.75, 3.05) is 26.7 Å². The van der Waals surface area contributed by atoms with E-state index in [1.54, 1.807) is 29.4 Å². The molecule has 6 nitrogen and oxygen atoms in total. The minimum atomic E-state index is 0.00670. The van der Waals surface area contributed by atoms with E-state index >= 15 is 0 Å². The van der Waals surface area contributed by atoms with Gasteiger partial charge >= 0.3 is 0 Å². The molecule has 92 valence electrons. The van der Waals surface area contributed by atoms with Crippen molar-refractivity contribution in [2.24, 2.45) is 0 Å². The van der Waals surface area contributed by atoms with Crippen molar-refractivity contribution >= 4 is 11.8 Å². The second-order valence-electron chi connectivity index (χ2n) is 4.18. The number of amides is 2. The van der Waals surface area contributed by atoms with Crippen LogP contribution in [0.1, 0.15) is 6.42 Å². The summed E-state index contributed by atoms with van der Waals surface area (Å²) in [5.74, 6) is 0.0346. The molecule has 1 aromatic heterocycles. The van der Waals surface area contributed by atoms with Gasteiger partial charge in [0.15, 0.2) is 0 Å². The standard InChI is InChI=1S/C11H16N4O2/c1-13-6-7-15(8-11(13)17)10(16)2-4-14-5-3-12-9-14/h3,5,9H,2,4,6-8H2,1H3. The first kappa shape index (κ1) is 11.6. The molecule has 1 aliphatic heterocycles. The lowest BCUT2D eigenvalue weighted by atomic mass is 10.3. The summed E-state index contributed by atoms with van der Waals surface area (Å²) in [6.07, 6.45) is 5.60. The molecule has 17 heavy (non-hydrogen) atoms. The van der Waals surface area contributed by atoms with E-state index in [1.165, 1.54) is 0 Å². The van der Waals surface area contributed by atoms with E-state index in [9.17, 15) is 9.59 Å². The molecule has 0 aromatic carbocycles. The molecular weight excluding hydrogens is 220 g/mol. The Hall–Kier alpha value is -1.85. The van der Waals surface area contributed by atoms with Crippen molar-refractivity contribution in [3.63, 3.8) is 0 Å². The van der Waals surface area contributed by atoms with Crippen molar-refractivity contribution in [2.45, 2.75) is 13.0 Å². The van der Waals surface area contributed by atoms with Crippen LogP contribution in [0.4, 0.5) is 0 Å². The molecule has 1 saturated heterocycles. The van der Waals surface area contributed by atoms with Crippen molar-refractivity contribution in [1.82, 2.24) is 19.4 Å². The molecule has 0 atom stereocenters. The lowest BCUT2D eigenvalue weighted by Crippen LogP contribution is -2.50. The molecular formula is C11H16N4O2. The van der Waals surface area contributed by atoms with Gasteiger partial charge in [0.2, 0.25) is 11.8 Å². The Morgan fingerprint density at radius 1 is 1.47 bits per heavy atom. The quantitative estimate of drug-likeness (QED) is 0.716. The maximum absolute atomic E-state index is 11.9. The summed E-state index contributed by atoms with van der Waals surface area (Å²) < 4.78 is 1.86. The van der Waals surface area contributed by atoms with Gasteiger partial charge in [-0.05, 0) is 0 Å². The second-order valence-corrected chi connectivity index (χ2v) is 4.18. The molecule has 1 aromatic rings. The Morgan fingerprint density at radius 3 is 2.94 bits per heavy atom. The fourth-order valence-electron chi connectivity index (χ4n) is 1.77. The maximum atomic E-state index is 11.9. The van der Waals surface area contributed by atoms with E-state index in [-0.39, 0.29) is 18.4 Å². The van der Waals surface area contributed by atoms with E-state index in [4.69, 9.17) is 0 Å². The third-order valence-electron chi connectivity index (χ3n) is 2.95. The Balaban J connectivity index is 1.82. The van der Waals surface area contributed by atoms with Gasteiger partial charge in [0.25, 0.3) is 0 Å². The number of hydrogen-bond donors (Lipinski definition) is 0. The van der Waals surface area contributed by atoms with E-state index in [0.29, 0.717) is 26.1 Å². The van der Waals surface area contributed by atoms with Crippen molar-refractivity contribution < 1.29 is 9.59 Å². The van der Waals surface area contributed by atoms with Gasteiger partial charge in [-0.3, -0.25) is 9.59 Å². The minimum Gasteiger partial charge on any atom is -0.342 e. The lowest BCUT2D eigenvalue weighted by molar-refractivity contribution is -0.144. The zero-order chi connectivity index (χ0) is 12.3. The predicted molar refractivity (Wildman–Crippen MR) is 61.1 cm³/mol. The first-order valence-corrected chi connectivity index (χ1v) is 5.64. The number of hydrogen-bond acceptors (Lipinski definition) is 3. The summed E-state index contributed by atoms with van der Waals surface area (Å²) in [7, 11) is 1.76. The number of carbonyl (C=O) groups is 2. The van der Waals surface area contributed by atoms with Crippen LogP contribution in [-0.4, -0.2) is 57.8 Å². The molecule has 0 aliphatic carbocycles. The monoisotopic (exact) mass is 236 g/mol. The van der Waals surface area contributed by atoms with Gasteiger partial charge in [-0.15, -0.1) is 0 Å². The third kappa shape index (κ3) is 2.83. The summed E-state index contributed by atoms with van der Waals surface area (Å²) in [5.41, 5.74) is 0. The molecule has 0 saturated carbocycles. The van der Waals surface area contributed by atoms with Gasteiger partial charge in [0, 0.05) is 45.5 Å². The number of nitrogens with zero attached hydrogens (tertiary/aromatic N) is 4. The van der Waals surface area contributed by atoms with E-state index in [2.05, 4.69) is 4.98 Å². The topological polar surface area (TPSA) is 58.4 Å². The molecule has 0 unspecified atom stereocenters. The molecule has 1 fully saturated rings. The number of imidazole rings is 1. The number of aryl methyl sites for hydroxylation is 1. The van der Waals surface area contributed by atoms with Crippen LogP contribution in [0.2, 0.25) is 0 Å². The Kier molecular flexibility index (Phi) is 3.41. The van der Waals surface area contributed by atoms with Gasteiger partial charge in [-0.25, -0.2) is 4.98 Å². The average Bonchev–Trinajstić information content (AvgIpc) is 2.82. The van der Waals surface area contributed by atoms with Crippen molar-refractivity contribution in [3.8, 4) is 0 Å². The van der Waals surface area contributed by atoms with Crippen molar-refractivity contribution in [3.05, 3.63) is 18.7 Å². The van der Waals surface area contributed by atoms with Crippen LogP contribution in [0, 0.1) is 0 Å². The first-order chi connectivity index (χ1) is 8.16. The summed E-state index contributed by atoms with van der Waals surface area (Å²) in [4.78, 5) is 30.5. The maximum Gasteiger partial charge on any atom is 0.241 e. The second kappa shape index (κ2) is 4.99. The summed E-state index contributed by atoms with van der Waals surface area (Å²) >= 11 is 0. The normalized spacial score (nSPS) is 16.4. The molecule has 6 heteroatoms. The van der Waals surface area contributed by atoms with Crippen LogP contribution >= 0.6 is 0 Å². The molecule has 2 amide bonds. The van der Waals surface area contributed by atoms with Gasteiger partial charge < -0.3 is 14.4 Å². The zero-order valence-electron chi connectivity index (χ0n) is 9.87. The van der Waals surface area contributed by atoms with Gasteiger partial charge in [0.05, 0.1) is 12.9 Å². The number of likely N-dealkylation sites (N-methyl/N-ethyl adjacent to an activating group) is 1. The van der Waals surface area contributed by atoms with Crippen LogP contribution in [0.3, 0.4) is 0 Å². The third-order valence-corrected chi connectivity index (χ3v) is 2.95. The number of aromatic nitrogens is 2. The highest BCUT2D eigenvalue weighted by molar-refractivity contribution is 5.85. The molecule has 2 rings (SSSR count). The highest BCUT2D eigenvalue weighted by atomic mass is 16.2. The molecule has 0 spiro atoms. The van der Waals surface area contributed by atoms with E-state index in [0.717, 1.165) is 0 Å². The van der Waals surface area contributed by atoms with E-state index < -0.39 is 0 Å². The Bertz CT molecular complexity index is 402. The van der Waals surface area contributed by atoms with Gasteiger partial charge in [-0.2, -0.15) is 0 Å². The van der Waals surface area contributed by atoms with Gasteiger partial charge in [-0.1, -0.05) is 0 Å². The molecule has 2 heterocycles. The fraction of sp³-hybridized carbons (Fsp3) is 0.545. The SMILES string of the molecule is CN1CCN(C(=O)CCn2ccnc2)CC1=O. The highest BCUT2D eigenvalue weighted by Crippen LogP contribution is 2.04. The number of carbonyl (C=O) groups excluding carboxylic acids is 2. The summed E-state index contributed by atoms with van der Waals surface area (Å²) in [5, 5.41) is 0. The number of rotatable bonds is 3. The van der Waals surface area contributed by atoms with Crippen LogP contribution in [0.5, 0.6) is 0 Å². The molecule has 1 aliphatic rings. The highest BCUT2D eigenvalue weighted by Gasteiger charge is 2.24. The van der Waals surface area contributed by atoms with Gasteiger partial charge in [0.1, 0.15) is 0 Å². The first-order valence-electron chi connectivity index (χ1n) is 5.64. The van der Waals surface area contributed by atoms with Crippen LogP contribution in [0.15, 0.2) is 18.7 Å². The number of piperazine rings is 1. The molecule has 0 N–H and O–H groups in total. The predicted octanol–water partition coefficient (Wildman–Crippen LogP) is -0.426. The Labute approximate surface area is 99.8 Å². The summed E-state index contributed by atoms with van der Waals surface area (Å²) in [6.45, 7) is 2.07. The van der Waals surface area contributed by atoms with Crippen LogP contribution < -0.4 is 0 Å². The van der Waals surface area contributed by atoms with Crippen molar-refractivity contribution in [1.29, 1.82) is 0 Å². The molecule has 0 bridgehead atoms. The smallest absolute Gasteiger partial charge is 0.241 e. The lowest BCUT2D eigenvalue weighted by Gasteiger charge is -2.32. The van der Waals surface area contributed by atoms with E-state index in [1.807, 2.05) is 10.8 Å².